The van der Waals surface area contributed by atoms with E-state index in [9.17, 15) is 8.42 Å². The van der Waals surface area contributed by atoms with Gasteiger partial charge in [0.25, 0.3) is 0 Å². The molecule has 0 bridgehead atoms. The molecule has 6 nitrogen and oxygen atoms in total. The predicted octanol–water partition coefficient (Wildman–Crippen LogP) is 2.88. The van der Waals surface area contributed by atoms with Crippen molar-refractivity contribution in [2.75, 3.05) is 19.3 Å². The minimum Gasteiger partial charge on any atom is -0.459 e. The third-order valence-electron chi connectivity index (χ3n) is 4.35. The molecule has 2 N–H and O–H groups in total. The van der Waals surface area contributed by atoms with Crippen LogP contribution < -0.4 is 10.6 Å². The second-order valence-corrected chi connectivity index (χ2v) is 8.24. The Labute approximate surface area is 159 Å². The molecule has 2 aromatic carbocycles. The second kappa shape index (κ2) is 8.26. The maximum atomic E-state index is 12.3. The molecule has 7 heteroatoms. The fraction of sp³-hybridized carbons (Fsp3) is 0.250. The number of para-hydroxylation sites is 1. The van der Waals surface area contributed by atoms with Gasteiger partial charge >= 0.3 is 0 Å². The maximum Gasteiger partial charge on any atom is 0.191 e. The normalized spacial score (nSPS) is 12.3. The van der Waals surface area contributed by atoms with Crippen LogP contribution in [0.5, 0.6) is 0 Å². The number of rotatable bonds is 6. The van der Waals surface area contributed by atoms with E-state index in [0.717, 1.165) is 22.3 Å². The lowest BCUT2D eigenvalue weighted by Gasteiger charge is -2.11. The zero-order valence-corrected chi connectivity index (χ0v) is 16.2. The summed E-state index contributed by atoms with van der Waals surface area (Å²) in [6.07, 6.45) is 0. The van der Waals surface area contributed by atoms with Gasteiger partial charge in [0.15, 0.2) is 15.8 Å². The monoisotopic (exact) mass is 385 g/mol. The van der Waals surface area contributed by atoms with Gasteiger partial charge in [0.1, 0.15) is 11.3 Å². The predicted molar refractivity (Wildman–Crippen MR) is 108 cm³/mol. The summed E-state index contributed by atoms with van der Waals surface area (Å²) in [5.74, 6) is 1.34. The van der Waals surface area contributed by atoms with Gasteiger partial charge in [0.05, 0.1) is 17.2 Å². The van der Waals surface area contributed by atoms with Gasteiger partial charge in [0, 0.05) is 24.5 Å². The van der Waals surface area contributed by atoms with Gasteiger partial charge in [0.2, 0.25) is 0 Å². The van der Waals surface area contributed by atoms with Gasteiger partial charge in [-0.25, -0.2) is 8.42 Å². The molecule has 3 aromatic rings. The number of nitrogens with zero attached hydrogens (tertiary/aromatic N) is 1. The Hall–Kier alpha value is -2.80. The van der Waals surface area contributed by atoms with Crippen LogP contribution in [0.3, 0.4) is 0 Å². The number of benzene rings is 2. The highest BCUT2D eigenvalue weighted by Crippen LogP contribution is 2.24. The van der Waals surface area contributed by atoms with Crippen molar-refractivity contribution >= 4 is 26.8 Å². The van der Waals surface area contributed by atoms with Gasteiger partial charge < -0.3 is 15.1 Å². The van der Waals surface area contributed by atoms with Crippen molar-refractivity contribution in [3.63, 3.8) is 0 Å². The summed E-state index contributed by atoms with van der Waals surface area (Å²) in [4.78, 5) is 4.46. The van der Waals surface area contributed by atoms with Crippen molar-refractivity contribution in [1.29, 1.82) is 0 Å². The molecule has 27 heavy (non-hydrogen) atoms. The van der Waals surface area contributed by atoms with E-state index in [1.807, 2.05) is 31.2 Å². The van der Waals surface area contributed by atoms with Crippen molar-refractivity contribution < 1.29 is 12.8 Å². The average molecular weight is 385 g/mol. The van der Waals surface area contributed by atoms with E-state index in [-0.39, 0.29) is 12.3 Å². The molecule has 0 saturated heterocycles. The summed E-state index contributed by atoms with van der Waals surface area (Å²) in [5.41, 5.74) is 1.93. The number of hydrogen-bond donors (Lipinski definition) is 2. The first-order valence-corrected chi connectivity index (χ1v) is 10.4. The molecule has 1 heterocycles. The topological polar surface area (TPSA) is 83.7 Å². The second-order valence-electron chi connectivity index (χ2n) is 6.13. The molecule has 142 valence electrons. The van der Waals surface area contributed by atoms with Crippen molar-refractivity contribution in [1.82, 2.24) is 10.6 Å². The average Bonchev–Trinajstić information content (AvgIpc) is 3.01. The summed E-state index contributed by atoms with van der Waals surface area (Å²) >= 11 is 0. The molecule has 3 rings (SSSR count). The van der Waals surface area contributed by atoms with E-state index >= 15 is 0 Å². The third kappa shape index (κ3) is 4.49. The van der Waals surface area contributed by atoms with Gasteiger partial charge in [-0.15, -0.1) is 0 Å². The lowest BCUT2D eigenvalue weighted by Crippen LogP contribution is -2.39. The Balaban J connectivity index is 1.56. The molecule has 0 unspecified atom stereocenters. The van der Waals surface area contributed by atoms with Crippen LogP contribution in [0, 0.1) is 6.92 Å². The smallest absolute Gasteiger partial charge is 0.191 e. The summed E-state index contributed by atoms with van der Waals surface area (Å²) in [7, 11) is -1.67. The van der Waals surface area contributed by atoms with Crippen LogP contribution in [0.2, 0.25) is 0 Å². The fourth-order valence-corrected chi connectivity index (χ4v) is 4.01. The van der Waals surface area contributed by atoms with Crippen LogP contribution in [0.1, 0.15) is 11.3 Å². The molecule has 0 atom stereocenters. The molecule has 0 aliphatic rings. The number of aliphatic imine (C=N–C) groups is 1. The van der Waals surface area contributed by atoms with Crippen LogP contribution in [0.4, 0.5) is 0 Å². The highest BCUT2D eigenvalue weighted by atomic mass is 32.2. The first-order valence-electron chi connectivity index (χ1n) is 8.70. The number of nitrogens with one attached hydrogen (secondary N) is 2. The Morgan fingerprint density at radius 2 is 1.74 bits per heavy atom. The number of hydrogen-bond acceptors (Lipinski definition) is 4. The van der Waals surface area contributed by atoms with Crippen LogP contribution in [-0.2, 0) is 16.4 Å². The van der Waals surface area contributed by atoms with E-state index in [4.69, 9.17) is 4.42 Å². The number of fused-ring (bicyclic) bond motifs is 1. The molecule has 0 radical (unpaired) electrons. The van der Waals surface area contributed by atoms with E-state index in [0.29, 0.717) is 17.4 Å². The molecule has 0 spiro atoms. The SMILES string of the molecule is CN=C(NCCS(=O)(=O)c1ccccc1)NCc1oc2ccccc2c1C. The van der Waals surface area contributed by atoms with Gasteiger partial charge in [-0.05, 0) is 25.1 Å². The Morgan fingerprint density at radius 3 is 2.44 bits per heavy atom. The van der Waals surface area contributed by atoms with Crippen molar-refractivity contribution in [2.45, 2.75) is 18.4 Å². The number of aryl methyl sites for hydroxylation is 1. The third-order valence-corrected chi connectivity index (χ3v) is 6.08. The van der Waals surface area contributed by atoms with E-state index in [1.165, 1.54) is 0 Å². The first-order chi connectivity index (χ1) is 13.0. The van der Waals surface area contributed by atoms with Gasteiger partial charge in [-0.3, -0.25) is 4.99 Å². The van der Waals surface area contributed by atoms with Crippen molar-refractivity contribution in [3.8, 4) is 0 Å². The molecular formula is C20H23N3O3S. The number of guanidine groups is 1. The minimum atomic E-state index is -3.32. The maximum absolute atomic E-state index is 12.3. The van der Waals surface area contributed by atoms with Crippen molar-refractivity contribution in [2.24, 2.45) is 4.99 Å². The zero-order valence-electron chi connectivity index (χ0n) is 15.4. The molecule has 0 fully saturated rings. The standard InChI is InChI=1S/C20H23N3O3S/c1-15-17-10-6-7-11-18(17)26-19(15)14-23-20(21-2)22-12-13-27(24,25)16-8-4-3-5-9-16/h3-11H,12-14H2,1-2H3,(H2,21,22,23). The van der Waals surface area contributed by atoms with Crippen LogP contribution in [0.25, 0.3) is 11.0 Å². The Morgan fingerprint density at radius 1 is 1.04 bits per heavy atom. The highest BCUT2D eigenvalue weighted by molar-refractivity contribution is 7.91. The summed E-state index contributed by atoms with van der Waals surface area (Å²) in [6.45, 7) is 2.74. The largest absolute Gasteiger partial charge is 0.459 e. The lowest BCUT2D eigenvalue weighted by molar-refractivity contribution is 0.534. The highest BCUT2D eigenvalue weighted by Gasteiger charge is 2.14. The number of furan rings is 1. The van der Waals surface area contributed by atoms with Crippen LogP contribution in [0.15, 0.2) is 68.9 Å². The van der Waals surface area contributed by atoms with Crippen LogP contribution in [-0.4, -0.2) is 33.7 Å². The van der Waals surface area contributed by atoms with Crippen molar-refractivity contribution in [3.05, 3.63) is 65.9 Å². The summed E-state index contributed by atoms with van der Waals surface area (Å²) < 4.78 is 30.5. The Bertz CT molecular complexity index is 1040. The summed E-state index contributed by atoms with van der Waals surface area (Å²) in [6, 6.07) is 16.3. The Kier molecular flexibility index (Phi) is 5.81. The van der Waals surface area contributed by atoms with Gasteiger partial charge in [-0.1, -0.05) is 36.4 Å². The summed E-state index contributed by atoms with van der Waals surface area (Å²) in [5, 5.41) is 7.29. The zero-order chi connectivity index (χ0) is 19.3. The first kappa shape index (κ1) is 19.0. The molecule has 0 aliphatic heterocycles. The molecule has 0 aliphatic carbocycles. The molecule has 0 amide bonds. The fourth-order valence-electron chi connectivity index (χ4n) is 2.83. The van der Waals surface area contributed by atoms with Crippen LogP contribution >= 0.6 is 0 Å². The number of sulfone groups is 1. The van der Waals surface area contributed by atoms with E-state index in [1.54, 1.807) is 37.4 Å². The lowest BCUT2D eigenvalue weighted by atomic mass is 10.1. The van der Waals surface area contributed by atoms with E-state index in [2.05, 4.69) is 15.6 Å². The molecular weight excluding hydrogens is 362 g/mol. The quantitative estimate of drug-likeness (QED) is 0.504. The molecule has 1 aromatic heterocycles. The van der Waals surface area contributed by atoms with E-state index < -0.39 is 9.84 Å². The minimum absolute atomic E-state index is 0.0125. The van der Waals surface area contributed by atoms with Gasteiger partial charge in [-0.2, -0.15) is 0 Å². The molecule has 0 saturated carbocycles.